The fourth-order valence-electron chi connectivity index (χ4n) is 3.03. The van der Waals surface area contributed by atoms with Crippen LogP contribution < -0.4 is 5.32 Å². The molecule has 2 heterocycles. The van der Waals surface area contributed by atoms with Crippen molar-refractivity contribution in [1.82, 2.24) is 13.9 Å². The van der Waals surface area contributed by atoms with Gasteiger partial charge in [-0.2, -0.15) is 17.0 Å². The molecule has 0 aromatic carbocycles. The van der Waals surface area contributed by atoms with Crippen LogP contribution >= 0.6 is 0 Å². The molecule has 1 amide bonds. The number of nitrogens with zero attached hydrogens (tertiary/aromatic N) is 2. The number of hydrogen-bond donors (Lipinski definition) is 1. The zero-order chi connectivity index (χ0) is 16.0. The van der Waals surface area contributed by atoms with Crippen molar-refractivity contribution in [1.29, 1.82) is 0 Å². The van der Waals surface area contributed by atoms with Crippen LogP contribution in [0.5, 0.6) is 0 Å². The van der Waals surface area contributed by atoms with E-state index in [1.807, 2.05) is 0 Å². The smallest absolute Gasteiger partial charge is 0.281 e. The number of methoxy groups -OCH3 is 1. The molecule has 128 valence electrons. The quantitative estimate of drug-likeness (QED) is 0.704. The number of nitrogens with one attached hydrogen (secondary N) is 1. The van der Waals surface area contributed by atoms with E-state index in [2.05, 4.69) is 5.32 Å². The average molecular weight is 333 g/mol. The summed E-state index contributed by atoms with van der Waals surface area (Å²) >= 11 is 0. The lowest BCUT2D eigenvalue weighted by Gasteiger charge is -2.35. The van der Waals surface area contributed by atoms with E-state index in [4.69, 9.17) is 4.74 Å². The predicted octanol–water partition coefficient (Wildman–Crippen LogP) is 0.192. The van der Waals surface area contributed by atoms with Crippen LogP contribution in [0.25, 0.3) is 0 Å². The Balaban J connectivity index is 1.82. The van der Waals surface area contributed by atoms with Crippen LogP contribution in [0.15, 0.2) is 0 Å². The molecule has 22 heavy (non-hydrogen) atoms. The van der Waals surface area contributed by atoms with E-state index in [-0.39, 0.29) is 11.8 Å². The summed E-state index contributed by atoms with van der Waals surface area (Å²) in [5, 5.41) is 2.83. The van der Waals surface area contributed by atoms with Gasteiger partial charge in [-0.3, -0.25) is 4.79 Å². The maximum absolute atomic E-state index is 12.6. The summed E-state index contributed by atoms with van der Waals surface area (Å²) in [5.41, 5.74) is 0. The number of carbonyl (C=O) groups excluding carboxylic acids is 1. The Labute approximate surface area is 133 Å². The Kier molecular flexibility index (Phi) is 6.61. The zero-order valence-electron chi connectivity index (χ0n) is 13.3. The summed E-state index contributed by atoms with van der Waals surface area (Å²) in [6.45, 7) is 3.11. The van der Waals surface area contributed by atoms with Crippen molar-refractivity contribution >= 4 is 16.1 Å². The lowest BCUT2D eigenvalue weighted by molar-refractivity contribution is -0.126. The van der Waals surface area contributed by atoms with Crippen molar-refractivity contribution in [2.45, 2.75) is 32.1 Å². The van der Waals surface area contributed by atoms with Gasteiger partial charge in [-0.25, -0.2) is 0 Å². The molecule has 0 bridgehead atoms. The minimum Gasteiger partial charge on any atom is -0.383 e. The van der Waals surface area contributed by atoms with E-state index in [1.165, 1.54) is 4.31 Å². The van der Waals surface area contributed by atoms with Gasteiger partial charge in [0.15, 0.2) is 0 Å². The fourth-order valence-corrected chi connectivity index (χ4v) is 4.75. The zero-order valence-corrected chi connectivity index (χ0v) is 14.1. The summed E-state index contributed by atoms with van der Waals surface area (Å²) in [6.07, 6.45) is 4.17. The molecule has 0 radical (unpaired) electrons. The van der Waals surface area contributed by atoms with Gasteiger partial charge in [0.2, 0.25) is 5.91 Å². The van der Waals surface area contributed by atoms with Crippen LogP contribution in [0.2, 0.25) is 0 Å². The van der Waals surface area contributed by atoms with Crippen molar-refractivity contribution in [2.75, 3.05) is 46.4 Å². The summed E-state index contributed by atoms with van der Waals surface area (Å²) in [6, 6.07) is 0. The number of hydrogen-bond acceptors (Lipinski definition) is 4. The Bertz CT molecular complexity index is 455. The topological polar surface area (TPSA) is 79.0 Å². The molecule has 0 aromatic rings. The first kappa shape index (κ1) is 17.7. The monoisotopic (exact) mass is 333 g/mol. The fraction of sp³-hybridized carbons (Fsp3) is 0.929. The van der Waals surface area contributed by atoms with Crippen LogP contribution in [0.1, 0.15) is 32.1 Å². The predicted molar refractivity (Wildman–Crippen MR) is 83.5 cm³/mol. The van der Waals surface area contributed by atoms with Gasteiger partial charge >= 0.3 is 0 Å². The number of piperidine rings is 2. The normalized spacial score (nSPS) is 22.6. The molecular weight excluding hydrogens is 306 g/mol. The first-order valence-electron chi connectivity index (χ1n) is 8.07. The van der Waals surface area contributed by atoms with Gasteiger partial charge in [0.25, 0.3) is 10.2 Å². The number of carbonyl (C=O) groups is 1. The van der Waals surface area contributed by atoms with E-state index in [0.717, 1.165) is 19.3 Å². The van der Waals surface area contributed by atoms with Crippen molar-refractivity contribution < 1.29 is 17.9 Å². The minimum absolute atomic E-state index is 0.00655. The van der Waals surface area contributed by atoms with E-state index >= 15 is 0 Å². The number of rotatable bonds is 6. The van der Waals surface area contributed by atoms with Crippen LogP contribution in [0, 0.1) is 5.92 Å². The molecule has 0 atom stereocenters. The highest BCUT2D eigenvalue weighted by molar-refractivity contribution is 7.86. The van der Waals surface area contributed by atoms with Crippen molar-refractivity contribution in [3.63, 3.8) is 0 Å². The van der Waals surface area contributed by atoms with E-state index in [1.54, 1.807) is 11.4 Å². The highest BCUT2D eigenvalue weighted by Gasteiger charge is 2.35. The molecule has 0 saturated carbocycles. The molecule has 2 aliphatic heterocycles. The maximum Gasteiger partial charge on any atom is 0.281 e. The van der Waals surface area contributed by atoms with Crippen LogP contribution in [-0.2, 0) is 19.7 Å². The van der Waals surface area contributed by atoms with Crippen LogP contribution in [0.3, 0.4) is 0 Å². The molecule has 0 aliphatic carbocycles. The highest BCUT2D eigenvalue weighted by atomic mass is 32.2. The SMILES string of the molecule is COCCNC(=O)C1CCN(S(=O)(=O)N2CCCCC2)CC1. The highest BCUT2D eigenvalue weighted by Crippen LogP contribution is 2.23. The van der Waals surface area contributed by atoms with Gasteiger partial charge in [0.1, 0.15) is 0 Å². The maximum atomic E-state index is 12.6. The van der Waals surface area contributed by atoms with Crippen molar-refractivity contribution in [3.8, 4) is 0 Å². The third-order valence-electron chi connectivity index (χ3n) is 4.40. The van der Waals surface area contributed by atoms with Crippen molar-refractivity contribution in [2.24, 2.45) is 5.92 Å². The molecule has 7 nitrogen and oxygen atoms in total. The molecule has 2 rings (SSSR count). The lowest BCUT2D eigenvalue weighted by Crippen LogP contribution is -2.50. The van der Waals surface area contributed by atoms with E-state index in [0.29, 0.717) is 52.2 Å². The summed E-state index contributed by atoms with van der Waals surface area (Å²) < 4.78 is 33.2. The summed E-state index contributed by atoms with van der Waals surface area (Å²) in [7, 11) is -1.75. The summed E-state index contributed by atoms with van der Waals surface area (Å²) in [5.74, 6) is -0.0864. The first-order chi connectivity index (χ1) is 10.6. The molecular formula is C14H27N3O4S. The van der Waals surface area contributed by atoms with Gasteiger partial charge in [-0.1, -0.05) is 6.42 Å². The van der Waals surface area contributed by atoms with Crippen LogP contribution in [0.4, 0.5) is 0 Å². The second-order valence-corrected chi connectivity index (χ2v) is 7.85. The van der Waals surface area contributed by atoms with Crippen molar-refractivity contribution in [3.05, 3.63) is 0 Å². The molecule has 2 saturated heterocycles. The third kappa shape index (κ3) is 4.41. The minimum atomic E-state index is -3.34. The van der Waals surface area contributed by atoms with E-state index < -0.39 is 10.2 Å². The Morgan fingerprint density at radius 2 is 1.68 bits per heavy atom. The molecule has 0 aromatic heterocycles. The standard InChI is InChI=1S/C14H27N3O4S/c1-21-12-7-15-14(18)13-5-10-17(11-6-13)22(19,20)16-8-3-2-4-9-16/h13H,2-12H2,1H3,(H,15,18). The largest absolute Gasteiger partial charge is 0.383 e. The Morgan fingerprint density at radius 3 is 2.27 bits per heavy atom. The molecule has 2 aliphatic rings. The average Bonchev–Trinajstić information content (AvgIpc) is 2.56. The summed E-state index contributed by atoms with van der Waals surface area (Å²) in [4.78, 5) is 12.0. The lowest BCUT2D eigenvalue weighted by atomic mass is 9.97. The second kappa shape index (κ2) is 8.24. The molecule has 0 spiro atoms. The third-order valence-corrected chi connectivity index (χ3v) is 6.43. The number of ether oxygens (including phenoxy) is 1. The first-order valence-corrected chi connectivity index (χ1v) is 9.47. The van der Waals surface area contributed by atoms with Gasteiger partial charge in [-0.05, 0) is 25.7 Å². The van der Waals surface area contributed by atoms with Gasteiger partial charge < -0.3 is 10.1 Å². The van der Waals surface area contributed by atoms with Gasteiger partial charge in [0.05, 0.1) is 6.61 Å². The van der Waals surface area contributed by atoms with Crippen LogP contribution in [-0.4, -0.2) is 69.4 Å². The number of amides is 1. The molecule has 1 N–H and O–H groups in total. The Hall–Kier alpha value is -0.700. The molecule has 8 heteroatoms. The molecule has 2 fully saturated rings. The van der Waals surface area contributed by atoms with Gasteiger partial charge in [-0.15, -0.1) is 0 Å². The van der Waals surface area contributed by atoms with Gasteiger partial charge in [0, 0.05) is 45.8 Å². The molecule has 0 unspecified atom stereocenters. The second-order valence-electron chi connectivity index (χ2n) is 5.92. The van der Waals surface area contributed by atoms with E-state index in [9.17, 15) is 13.2 Å². The Morgan fingerprint density at radius 1 is 1.09 bits per heavy atom.